The molecule has 1 rings (SSSR count). The third kappa shape index (κ3) is 10.1. The van der Waals surface area contributed by atoms with Crippen molar-refractivity contribution in [2.45, 2.75) is 78.5 Å². The Balaban J connectivity index is 3.44. The van der Waals surface area contributed by atoms with E-state index in [1.165, 1.54) is 12.0 Å². The summed E-state index contributed by atoms with van der Waals surface area (Å²) in [6.07, 6.45) is 1.66. The number of thiol groups is 1. The van der Waals surface area contributed by atoms with Crippen LogP contribution in [0.1, 0.15) is 69.7 Å². The highest BCUT2D eigenvalue weighted by molar-refractivity contribution is 7.80. The number of ether oxygens (including phenoxy) is 2. The molecule has 0 aliphatic carbocycles. The number of esters is 1. The molecule has 36 heavy (non-hydrogen) atoms. The lowest BCUT2D eigenvalue weighted by atomic mass is 9.96. The molecule has 202 valence electrons. The van der Waals surface area contributed by atoms with Crippen LogP contribution in [0.15, 0.2) is 18.2 Å². The Bertz CT molecular complexity index is 915. The third-order valence-electron chi connectivity index (χ3n) is 5.37. The summed E-state index contributed by atoms with van der Waals surface area (Å²) in [6, 6.07) is 3.56. The van der Waals surface area contributed by atoms with Gasteiger partial charge in [-0.05, 0) is 52.2 Å². The minimum Gasteiger partial charge on any atom is -0.468 e. The van der Waals surface area contributed by atoms with E-state index in [-0.39, 0.29) is 18.8 Å². The highest BCUT2D eigenvalue weighted by atomic mass is 32.1. The van der Waals surface area contributed by atoms with Crippen molar-refractivity contribution in [3.05, 3.63) is 34.9 Å². The standard InChI is InChI=1S/C26H41N3O6S/c1-8-9-10-13-29(24(32)20(16-36)28-25(33)35-26(4,5)6)22(23(31)27-15-21(30)34-7)19-12-11-17(2)14-18(19)3/h11-12,14,20,22,36H,8-10,13,15-16H2,1-7H3,(H,27,31)(H,28,33). The molecule has 1 aromatic carbocycles. The van der Waals surface area contributed by atoms with Gasteiger partial charge in [0.1, 0.15) is 24.2 Å². The normalized spacial score (nSPS) is 12.8. The van der Waals surface area contributed by atoms with Crippen LogP contribution in [0.5, 0.6) is 0 Å². The van der Waals surface area contributed by atoms with Gasteiger partial charge in [-0.2, -0.15) is 12.6 Å². The SMILES string of the molecule is CCCCCN(C(=O)C(CS)NC(=O)OC(C)(C)C)C(C(=O)NCC(=O)OC)c1ccc(C)cc1C. The van der Waals surface area contributed by atoms with Gasteiger partial charge in [0.25, 0.3) is 0 Å². The number of aryl methyl sites for hydroxylation is 2. The van der Waals surface area contributed by atoms with Gasteiger partial charge in [0.05, 0.1) is 7.11 Å². The number of benzene rings is 1. The summed E-state index contributed by atoms with van der Waals surface area (Å²) in [5, 5.41) is 5.18. The molecule has 9 nitrogen and oxygen atoms in total. The van der Waals surface area contributed by atoms with Gasteiger partial charge in [-0.25, -0.2) is 4.79 Å². The van der Waals surface area contributed by atoms with Crippen LogP contribution in [0, 0.1) is 13.8 Å². The van der Waals surface area contributed by atoms with E-state index in [1.807, 2.05) is 39.0 Å². The van der Waals surface area contributed by atoms with Crippen molar-refractivity contribution in [1.29, 1.82) is 0 Å². The first-order valence-electron chi connectivity index (χ1n) is 12.2. The molecule has 0 heterocycles. The monoisotopic (exact) mass is 523 g/mol. The van der Waals surface area contributed by atoms with Crippen molar-refractivity contribution >= 4 is 36.5 Å². The molecule has 2 unspecified atom stereocenters. The van der Waals surface area contributed by atoms with Crippen LogP contribution >= 0.6 is 12.6 Å². The van der Waals surface area contributed by atoms with Crippen LogP contribution in [0.2, 0.25) is 0 Å². The van der Waals surface area contributed by atoms with Crippen molar-refractivity contribution in [2.75, 3.05) is 26.0 Å². The van der Waals surface area contributed by atoms with Crippen molar-refractivity contribution in [1.82, 2.24) is 15.5 Å². The molecule has 0 aromatic heterocycles. The average Bonchev–Trinajstić information content (AvgIpc) is 2.79. The highest BCUT2D eigenvalue weighted by Gasteiger charge is 2.36. The molecule has 0 fully saturated rings. The predicted octanol–water partition coefficient (Wildman–Crippen LogP) is 3.48. The predicted molar refractivity (Wildman–Crippen MR) is 142 cm³/mol. The number of hydrogen-bond donors (Lipinski definition) is 3. The van der Waals surface area contributed by atoms with Gasteiger partial charge in [0, 0.05) is 12.3 Å². The maximum Gasteiger partial charge on any atom is 0.408 e. The van der Waals surface area contributed by atoms with Gasteiger partial charge in [-0.3, -0.25) is 14.4 Å². The second kappa shape index (κ2) is 14.7. The average molecular weight is 524 g/mol. The van der Waals surface area contributed by atoms with Gasteiger partial charge in [0.15, 0.2) is 0 Å². The zero-order chi connectivity index (χ0) is 27.5. The van der Waals surface area contributed by atoms with Crippen LogP contribution in [0.4, 0.5) is 4.79 Å². The number of nitrogens with one attached hydrogen (secondary N) is 2. The fraction of sp³-hybridized carbons (Fsp3) is 0.615. The fourth-order valence-corrected chi connectivity index (χ4v) is 3.89. The van der Waals surface area contributed by atoms with E-state index < -0.39 is 41.6 Å². The van der Waals surface area contributed by atoms with Gasteiger partial charge in [-0.1, -0.05) is 43.5 Å². The van der Waals surface area contributed by atoms with Crippen LogP contribution in [-0.4, -0.2) is 66.4 Å². The number of nitrogens with zero attached hydrogens (tertiary/aromatic N) is 1. The topological polar surface area (TPSA) is 114 Å². The number of carbonyl (C=O) groups is 4. The van der Waals surface area contributed by atoms with Crippen LogP contribution in [0.25, 0.3) is 0 Å². The summed E-state index contributed by atoms with van der Waals surface area (Å²) in [5.41, 5.74) is 1.71. The molecule has 10 heteroatoms. The van der Waals surface area contributed by atoms with E-state index in [0.29, 0.717) is 12.0 Å². The first kappa shape index (κ1) is 31.3. The summed E-state index contributed by atoms with van der Waals surface area (Å²) >= 11 is 4.29. The molecule has 0 radical (unpaired) electrons. The van der Waals surface area contributed by atoms with Gasteiger partial charge >= 0.3 is 12.1 Å². The molecule has 0 saturated heterocycles. The fourth-order valence-electron chi connectivity index (χ4n) is 3.65. The molecule has 0 bridgehead atoms. The summed E-state index contributed by atoms with van der Waals surface area (Å²) in [5.74, 6) is -1.59. The van der Waals surface area contributed by atoms with E-state index >= 15 is 0 Å². The molecule has 2 N–H and O–H groups in total. The first-order valence-corrected chi connectivity index (χ1v) is 12.8. The number of unbranched alkanes of at least 4 members (excludes halogenated alkanes) is 2. The van der Waals surface area contributed by atoms with E-state index in [9.17, 15) is 19.2 Å². The lowest BCUT2D eigenvalue weighted by molar-refractivity contribution is -0.144. The number of amides is 3. The number of rotatable bonds is 12. The van der Waals surface area contributed by atoms with E-state index in [2.05, 4.69) is 28.0 Å². The van der Waals surface area contributed by atoms with E-state index in [4.69, 9.17) is 4.74 Å². The smallest absolute Gasteiger partial charge is 0.408 e. The second-order valence-electron chi connectivity index (χ2n) is 9.68. The first-order chi connectivity index (χ1) is 16.8. The van der Waals surface area contributed by atoms with Crippen molar-refractivity contribution < 1.29 is 28.7 Å². The number of hydrogen-bond acceptors (Lipinski definition) is 7. The maximum absolute atomic E-state index is 13.8. The summed E-state index contributed by atoms with van der Waals surface area (Å²) in [6.45, 7) is 11.0. The molecule has 0 saturated carbocycles. The van der Waals surface area contributed by atoms with Crippen molar-refractivity contribution in [2.24, 2.45) is 0 Å². The maximum atomic E-state index is 13.8. The Morgan fingerprint density at radius 2 is 1.78 bits per heavy atom. The van der Waals surface area contributed by atoms with E-state index in [0.717, 1.165) is 24.0 Å². The minimum absolute atomic E-state index is 0.00569. The van der Waals surface area contributed by atoms with Crippen LogP contribution in [-0.2, 0) is 23.9 Å². The Morgan fingerprint density at radius 3 is 2.31 bits per heavy atom. The molecule has 2 atom stereocenters. The lowest BCUT2D eigenvalue weighted by Crippen LogP contribution is -2.54. The zero-order valence-corrected chi connectivity index (χ0v) is 23.4. The van der Waals surface area contributed by atoms with Crippen LogP contribution < -0.4 is 10.6 Å². The minimum atomic E-state index is -1.03. The Hall–Kier alpha value is -2.75. The van der Waals surface area contributed by atoms with Crippen LogP contribution in [0.3, 0.4) is 0 Å². The van der Waals surface area contributed by atoms with E-state index in [1.54, 1.807) is 20.8 Å². The second-order valence-corrected chi connectivity index (χ2v) is 10.0. The van der Waals surface area contributed by atoms with Crippen molar-refractivity contribution in [3.63, 3.8) is 0 Å². The number of methoxy groups -OCH3 is 1. The van der Waals surface area contributed by atoms with Crippen molar-refractivity contribution in [3.8, 4) is 0 Å². The number of alkyl carbamates (subject to hydrolysis) is 1. The summed E-state index contributed by atoms with van der Waals surface area (Å²) in [7, 11) is 1.23. The number of carbonyl (C=O) groups excluding carboxylic acids is 4. The Kier molecular flexibility index (Phi) is 12.8. The largest absolute Gasteiger partial charge is 0.468 e. The molecule has 1 aromatic rings. The lowest BCUT2D eigenvalue weighted by Gasteiger charge is -2.35. The molecule has 3 amide bonds. The van der Waals surface area contributed by atoms with Gasteiger partial charge in [-0.15, -0.1) is 0 Å². The van der Waals surface area contributed by atoms with Gasteiger partial charge < -0.3 is 25.0 Å². The Labute approximate surface area is 220 Å². The molecule has 0 aliphatic heterocycles. The highest BCUT2D eigenvalue weighted by Crippen LogP contribution is 2.27. The molecule has 0 spiro atoms. The quantitative estimate of drug-likeness (QED) is 0.220. The molecular formula is C26H41N3O6S. The summed E-state index contributed by atoms with van der Waals surface area (Å²) in [4.78, 5) is 52.8. The zero-order valence-electron chi connectivity index (χ0n) is 22.5. The van der Waals surface area contributed by atoms with Gasteiger partial charge in [0.2, 0.25) is 11.8 Å². The Morgan fingerprint density at radius 1 is 1.11 bits per heavy atom. The molecular weight excluding hydrogens is 482 g/mol. The molecule has 0 aliphatic rings. The third-order valence-corrected chi connectivity index (χ3v) is 5.74. The summed E-state index contributed by atoms with van der Waals surface area (Å²) < 4.78 is 9.96.